The van der Waals surface area contributed by atoms with Gasteiger partial charge in [0, 0.05) is 45.7 Å². The van der Waals surface area contributed by atoms with Gasteiger partial charge in [-0.2, -0.15) is 0 Å². The van der Waals surface area contributed by atoms with Crippen LogP contribution in [0, 0.1) is 0 Å². The molecule has 0 aromatic carbocycles. The fourth-order valence-corrected chi connectivity index (χ4v) is 2.51. The maximum absolute atomic E-state index is 11.3. The number of anilines is 1. The van der Waals surface area contributed by atoms with E-state index in [1.54, 1.807) is 18.0 Å². The Morgan fingerprint density at radius 1 is 1.35 bits per heavy atom. The quantitative estimate of drug-likeness (QED) is 0.685. The lowest BCUT2D eigenvalue weighted by molar-refractivity contribution is -0.140. The molecule has 2 N–H and O–H groups in total. The molecule has 1 aromatic rings. The van der Waals surface area contributed by atoms with Gasteiger partial charge in [0.1, 0.15) is 11.9 Å². The Kier molecular flexibility index (Phi) is 5.51. The number of rotatable bonds is 6. The van der Waals surface area contributed by atoms with Gasteiger partial charge in [0.25, 0.3) is 0 Å². The number of amides is 2. The second-order valence-electron chi connectivity index (χ2n) is 5.40. The van der Waals surface area contributed by atoms with Gasteiger partial charge in [0.2, 0.25) is 12.3 Å². The number of nitrogens with zero attached hydrogens (tertiary/aromatic N) is 3. The van der Waals surface area contributed by atoms with Crippen LogP contribution in [-0.4, -0.2) is 65.5 Å². The summed E-state index contributed by atoms with van der Waals surface area (Å²) in [6, 6.07) is 2.68. The summed E-state index contributed by atoms with van der Waals surface area (Å²) in [5.41, 5.74) is 0.734. The van der Waals surface area contributed by atoms with Crippen LogP contribution in [0.2, 0.25) is 0 Å². The van der Waals surface area contributed by atoms with Gasteiger partial charge in [-0.05, 0) is 11.6 Å². The van der Waals surface area contributed by atoms with Crippen molar-refractivity contribution < 1.29 is 19.5 Å². The molecule has 1 aliphatic rings. The number of aromatic nitrogens is 1. The van der Waals surface area contributed by atoms with Crippen molar-refractivity contribution in [2.75, 3.05) is 31.1 Å². The molecule has 1 aliphatic heterocycles. The third-order valence-corrected chi connectivity index (χ3v) is 3.87. The molecule has 124 valence electrons. The van der Waals surface area contributed by atoms with Gasteiger partial charge < -0.3 is 20.2 Å². The summed E-state index contributed by atoms with van der Waals surface area (Å²) in [4.78, 5) is 41.0. The average Bonchev–Trinajstić information content (AvgIpc) is 2.55. The predicted molar refractivity (Wildman–Crippen MR) is 83.0 cm³/mol. The third kappa shape index (κ3) is 4.41. The number of pyridine rings is 1. The SMILES string of the molecule is CC(=O)N1CCN(c2ccc(C[C@H](NC=O)C(=O)O)cn2)CC1. The maximum Gasteiger partial charge on any atom is 0.326 e. The Morgan fingerprint density at radius 2 is 2.04 bits per heavy atom. The van der Waals surface area contributed by atoms with Crippen LogP contribution < -0.4 is 10.2 Å². The van der Waals surface area contributed by atoms with E-state index in [1.165, 1.54) is 0 Å². The van der Waals surface area contributed by atoms with Crippen molar-refractivity contribution in [3.8, 4) is 0 Å². The van der Waals surface area contributed by atoms with Gasteiger partial charge in [-0.25, -0.2) is 9.78 Å². The van der Waals surface area contributed by atoms with E-state index in [0.29, 0.717) is 19.5 Å². The standard InChI is InChI=1S/C15H20N4O4/c1-11(21)18-4-6-19(7-5-18)14-3-2-12(9-16-14)8-13(15(22)23)17-10-20/h2-3,9-10,13H,4-8H2,1H3,(H,17,20)(H,22,23)/t13-/m0/s1. The minimum Gasteiger partial charge on any atom is -0.480 e. The number of carbonyl (C=O) groups is 3. The monoisotopic (exact) mass is 320 g/mol. The minimum absolute atomic E-state index is 0.0790. The van der Waals surface area contributed by atoms with Crippen LogP contribution in [0.4, 0.5) is 5.82 Å². The lowest BCUT2D eigenvalue weighted by Crippen LogP contribution is -2.48. The van der Waals surface area contributed by atoms with Crippen LogP contribution in [0.3, 0.4) is 0 Å². The smallest absolute Gasteiger partial charge is 0.326 e. The summed E-state index contributed by atoms with van der Waals surface area (Å²) in [6.45, 7) is 4.34. The zero-order valence-electron chi connectivity index (χ0n) is 12.9. The first-order chi connectivity index (χ1) is 11.0. The maximum atomic E-state index is 11.3. The van der Waals surface area contributed by atoms with Crippen LogP contribution in [0.25, 0.3) is 0 Å². The normalized spacial score (nSPS) is 15.9. The largest absolute Gasteiger partial charge is 0.480 e. The van der Waals surface area contributed by atoms with Crippen molar-refractivity contribution in [2.24, 2.45) is 0 Å². The number of nitrogens with one attached hydrogen (secondary N) is 1. The summed E-state index contributed by atoms with van der Waals surface area (Å²) in [5, 5.41) is 11.3. The van der Waals surface area contributed by atoms with Crippen molar-refractivity contribution >= 4 is 24.1 Å². The van der Waals surface area contributed by atoms with Gasteiger partial charge >= 0.3 is 5.97 Å². The van der Waals surface area contributed by atoms with E-state index in [1.807, 2.05) is 12.1 Å². The molecule has 8 nitrogen and oxygen atoms in total. The second kappa shape index (κ2) is 7.57. The van der Waals surface area contributed by atoms with Crippen LogP contribution >= 0.6 is 0 Å². The lowest BCUT2D eigenvalue weighted by atomic mass is 10.1. The molecule has 0 bridgehead atoms. The Hall–Kier alpha value is -2.64. The summed E-state index contributed by atoms with van der Waals surface area (Å²) < 4.78 is 0. The molecule has 0 unspecified atom stereocenters. The first-order valence-corrected chi connectivity index (χ1v) is 7.39. The highest BCUT2D eigenvalue weighted by Gasteiger charge is 2.20. The molecule has 2 heterocycles. The van der Waals surface area contributed by atoms with Crippen molar-refractivity contribution in [1.82, 2.24) is 15.2 Å². The van der Waals surface area contributed by atoms with Crippen LogP contribution in [0.5, 0.6) is 0 Å². The van der Waals surface area contributed by atoms with Crippen LogP contribution in [0.15, 0.2) is 18.3 Å². The fraction of sp³-hybridized carbons (Fsp3) is 0.467. The van der Waals surface area contributed by atoms with Crippen molar-refractivity contribution in [3.63, 3.8) is 0 Å². The summed E-state index contributed by atoms with van der Waals surface area (Å²) in [7, 11) is 0. The summed E-state index contributed by atoms with van der Waals surface area (Å²) >= 11 is 0. The fourth-order valence-electron chi connectivity index (χ4n) is 2.51. The van der Waals surface area contributed by atoms with Crippen molar-refractivity contribution in [3.05, 3.63) is 23.9 Å². The number of aliphatic carboxylic acids is 1. The zero-order valence-corrected chi connectivity index (χ0v) is 12.9. The van der Waals surface area contributed by atoms with E-state index in [9.17, 15) is 14.4 Å². The van der Waals surface area contributed by atoms with E-state index in [4.69, 9.17) is 5.11 Å². The molecule has 0 saturated carbocycles. The molecule has 1 atom stereocenters. The number of hydrogen-bond acceptors (Lipinski definition) is 5. The lowest BCUT2D eigenvalue weighted by Gasteiger charge is -2.34. The predicted octanol–water partition coefficient (Wildman–Crippen LogP) is -0.508. The molecule has 8 heteroatoms. The minimum atomic E-state index is -1.08. The average molecular weight is 320 g/mol. The molecule has 0 aliphatic carbocycles. The third-order valence-electron chi connectivity index (χ3n) is 3.87. The first kappa shape index (κ1) is 16.7. The Labute approximate surface area is 134 Å². The highest BCUT2D eigenvalue weighted by atomic mass is 16.4. The molecule has 23 heavy (non-hydrogen) atoms. The molecule has 2 amide bonds. The highest BCUT2D eigenvalue weighted by Crippen LogP contribution is 2.15. The van der Waals surface area contributed by atoms with E-state index < -0.39 is 12.0 Å². The Balaban J connectivity index is 1.96. The number of carboxylic acids is 1. The molecule has 2 rings (SSSR count). The van der Waals surface area contributed by atoms with E-state index in [0.717, 1.165) is 24.5 Å². The number of piperazine rings is 1. The van der Waals surface area contributed by atoms with E-state index in [-0.39, 0.29) is 12.3 Å². The molecule has 1 aromatic heterocycles. The Morgan fingerprint density at radius 3 is 2.52 bits per heavy atom. The van der Waals surface area contributed by atoms with Gasteiger partial charge in [0.05, 0.1) is 0 Å². The molecule has 0 spiro atoms. The van der Waals surface area contributed by atoms with Gasteiger partial charge in [-0.15, -0.1) is 0 Å². The molecule has 1 saturated heterocycles. The van der Waals surface area contributed by atoms with E-state index >= 15 is 0 Å². The Bertz CT molecular complexity index is 567. The summed E-state index contributed by atoms with van der Waals surface area (Å²) in [5.74, 6) is -0.205. The molecule has 1 fully saturated rings. The van der Waals surface area contributed by atoms with E-state index in [2.05, 4.69) is 15.2 Å². The first-order valence-electron chi connectivity index (χ1n) is 7.39. The van der Waals surface area contributed by atoms with Crippen LogP contribution in [-0.2, 0) is 20.8 Å². The van der Waals surface area contributed by atoms with Gasteiger partial charge in [-0.1, -0.05) is 6.07 Å². The van der Waals surface area contributed by atoms with Crippen molar-refractivity contribution in [1.29, 1.82) is 0 Å². The number of carboxylic acid groups (broad SMARTS) is 1. The number of carbonyl (C=O) groups excluding carboxylic acids is 2. The molecular weight excluding hydrogens is 300 g/mol. The van der Waals surface area contributed by atoms with Gasteiger partial charge in [0.15, 0.2) is 0 Å². The molecule has 0 radical (unpaired) electrons. The van der Waals surface area contributed by atoms with Crippen molar-refractivity contribution in [2.45, 2.75) is 19.4 Å². The summed E-state index contributed by atoms with van der Waals surface area (Å²) in [6.07, 6.45) is 2.18. The second-order valence-corrected chi connectivity index (χ2v) is 5.40. The number of hydrogen-bond donors (Lipinski definition) is 2. The van der Waals surface area contributed by atoms with Gasteiger partial charge in [-0.3, -0.25) is 9.59 Å². The van der Waals surface area contributed by atoms with Crippen LogP contribution in [0.1, 0.15) is 12.5 Å². The zero-order chi connectivity index (χ0) is 16.8. The molecular formula is C15H20N4O4. The highest BCUT2D eigenvalue weighted by molar-refractivity contribution is 5.76. The topological polar surface area (TPSA) is 103 Å².